The van der Waals surface area contributed by atoms with Gasteiger partial charge in [0.25, 0.3) is 0 Å². The fourth-order valence-electron chi connectivity index (χ4n) is 2.54. The molecule has 3 N–H and O–H groups in total. The zero-order valence-electron chi connectivity index (χ0n) is 10.8. The Balaban J connectivity index is 1.83. The van der Waals surface area contributed by atoms with E-state index in [1.807, 2.05) is 0 Å². The van der Waals surface area contributed by atoms with Gasteiger partial charge in [0, 0.05) is 17.3 Å². The number of nitrogen functional groups attached to an aromatic ring is 1. The summed E-state index contributed by atoms with van der Waals surface area (Å²) >= 11 is 3.21. The highest BCUT2D eigenvalue weighted by molar-refractivity contribution is 9.10. The molecule has 110 valence electrons. The van der Waals surface area contributed by atoms with E-state index in [0.717, 1.165) is 12.8 Å². The summed E-state index contributed by atoms with van der Waals surface area (Å²) in [6.07, 6.45) is 4.39. The third-order valence-corrected chi connectivity index (χ3v) is 5.62. The summed E-state index contributed by atoms with van der Waals surface area (Å²) < 4.78 is 33.8. The van der Waals surface area contributed by atoms with Gasteiger partial charge in [-0.25, -0.2) is 18.1 Å². The number of nitrogens with one attached hydrogen (secondary N) is 1. The fraction of sp³-hybridized carbons (Fsp3) is 0.583. The first-order valence-electron chi connectivity index (χ1n) is 6.52. The zero-order chi connectivity index (χ0) is 14.3. The Morgan fingerprint density at radius 3 is 2.85 bits per heavy atom. The van der Waals surface area contributed by atoms with Gasteiger partial charge >= 0.3 is 0 Å². The summed E-state index contributed by atoms with van der Waals surface area (Å²) in [5.74, 6) is 0.491. The number of halogens is 1. The summed E-state index contributed by atoms with van der Waals surface area (Å²) in [7, 11) is -3.68. The molecule has 6 nitrogen and oxygen atoms in total. The number of hydrogen-bond donors (Lipinski definition) is 2. The molecule has 1 aliphatic carbocycles. The SMILES string of the molecule is Nc1ncc(Br)cc1S(=O)(=O)NC1CCOC1C1CC1. The lowest BCUT2D eigenvalue weighted by Gasteiger charge is -2.19. The van der Waals surface area contributed by atoms with E-state index in [4.69, 9.17) is 10.5 Å². The molecule has 20 heavy (non-hydrogen) atoms. The number of nitrogens with two attached hydrogens (primary N) is 1. The Bertz CT molecular complexity index is 618. The van der Waals surface area contributed by atoms with Gasteiger partial charge < -0.3 is 10.5 Å². The minimum atomic E-state index is -3.68. The highest BCUT2D eigenvalue weighted by Crippen LogP contribution is 2.39. The number of ether oxygens (including phenoxy) is 1. The van der Waals surface area contributed by atoms with Gasteiger partial charge in [-0.05, 0) is 47.2 Å². The number of anilines is 1. The van der Waals surface area contributed by atoms with Gasteiger partial charge in [0.1, 0.15) is 10.7 Å². The average molecular weight is 362 g/mol. The van der Waals surface area contributed by atoms with Gasteiger partial charge in [-0.15, -0.1) is 0 Å². The molecule has 0 bridgehead atoms. The number of nitrogens with zero attached hydrogens (tertiary/aromatic N) is 1. The van der Waals surface area contributed by atoms with Crippen molar-refractivity contribution in [2.75, 3.05) is 12.3 Å². The zero-order valence-corrected chi connectivity index (χ0v) is 13.2. The van der Waals surface area contributed by atoms with Crippen LogP contribution in [0.15, 0.2) is 21.6 Å². The lowest BCUT2D eigenvalue weighted by atomic mass is 10.1. The fourth-order valence-corrected chi connectivity index (χ4v) is 4.41. The number of aromatic nitrogens is 1. The van der Waals surface area contributed by atoms with E-state index in [1.165, 1.54) is 12.3 Å². The highest BCUT2D eigenvalue weighted by Gasteiger charge is 2.42. The van der Waals surface area contributed by atoms with Crippen molar-refractivity contribution in [2.24, 2.45) is 5.92 Å². The Morgan fingerprint density at radius 2 is 2.15 bits per heavy atom. The number of hydrogen-bond acceptors (Lipinski definition) is 5. The summed E-state index contributed by atoms with van der Waals surface area (Å²) in [5.41, 5.74) is 5.67. The Hall–Kier alpha value is -0.700. The molecule has 2 heterocycles. The molecule has 3 rings (SSSR count). The van der Waals surface area contributed by atoms with E-state index in [9.17, 15) is 8.42 Å². The van der Waals surface area contributed by atoms with Crippen molar-refractivity contribution in [3.63, 3.8) is 0 Å². The smallest absolute Gasteiger partial charge is 0.244 e. The molecular formula is C12H16BrN3O3S. The first-order valence-corrected chi connectivity index (χ1v) is 8.80. The maximum absolute atomic E-state index is 12.4. The van der Waals surface area contributed by atoms with Crippen molar-refractivity contribution in [3.8, 4) is 0 Å². The predicted octanol–water partition coefficient (Wildman–Crippen LogP) is 1.27. The van der Waals surface area contributed by atoms with Crippen LogP contribution in [0.4, 0.5) is 5.82 Å². The molecule has 0 aromatic carbocycles. The van der Waals surface area contributed by atoms with Crippen LogP contribution in [0.5, 0.6) is 0 Å². The van der Waals surface area contributed by atoms with Crippen molar-refractivity contribution >= 4 is 31.8 Å². The van der Waals surface area contributed by atoms with Crippen LogP contribution in [0.3, 0.4) is 0 Å². The molecule has 1 saturated carbocycles. The molecule has 0 spiro atoms. The quantitative estimate of drug-likeness (QED) is 0.841. The van der Waals surface area contributed by atoms with Crippen molar-refractivity contribution in [1.29, 1.82) is 0 Å². The maximum Gasteiger partial charge on any atom is 0.244 e. The second kappa shape index (κ2) is 5.25. The lowest BCUT2D eigenvalue weighted by molar-refractivity contribution is 0.0848. The first-order chi connectivity index (χ1) is 9.47. The second-order valence-corrected chi connectivity index (χ2v) is 7.82. The van der Waals surface area contributed by atoms with E-state index in [-0.39, 0.29) is 22.9 Å². The van der Waals surface area contributed by atoms with Gasteiger partial charge in [0.05, 0.1) is 12.1 Å². The average Bonchev–Trinajstić information content (AvgIpc) is 3.13. The van der Waals surface area contributed by atoms with Crippen molar-refractivity contribution in [2.45, 2.75) is 36.3 Å². The number of pyridine rings is 1. The first kappa shape index (κ1) is 14.2. The normalized spacial score (nSPS) is 26.9. The van der Waals surface area contributed by atoms with Crippen LogP contribution >= 0.6 is 15.9 Å². The minimum Gasteiger partial charge on any atom is -0.383 e. The van der Waals surface area contributed by atoms with E-state index in [1.54, 1.807) is 0 Å². The Labute approximate surface area is 126 Å². The van der Waals surface area contributed by atoms with E-state index in [0.29, 0.717) is 23.4 Å². The van der Waals surface area contributed by atoms with Crippen molar-refractivity contribution in [3.05, 3.63) is 16.7 Å². The van der Waals surface area contributed by atoms with Crippen LogP contribution in [0, 0.1) is 5.92 Å². The van der Waals surface area contributed by atoms with E-state index in [2.05, 4.69) is 25.6 Å². The van der Waals surface area contributed by atoms with Gasteiger partial charge in [-0.2, -0.15) is 0 Å². The van der Waals surface area contributed by atoms with E-state index < -0.39 is 10.0 Å². The molecule has 1 aromatic heterocycles. The summed E-state index contributed by atoms with van der Waals surface area (Å²) in [6, 6.07) is 1.29. The standard InChI is InChI=1S/C12H16BrN3O3S/c13-8-5-10(12(14)15-6-8)20(17,18)16-9-3-4-19-11(9)7-1-2-7/h5-7,9,11,16H,1-4H2,(H2,14,15). The topological polar surface area (TPSA) is 94.3 Å². The Kier molecular flexibility index (Phi) is 3.74. The van der Waals surface area contributed by atoms with Crippen LogP contribution in [0.2, 0.25) is 0 Å². The number of rotatable bonds is 4. The molecule has 1 aromatic rings. The molecule has 0 radical (unpaired) electrons. The van der Waals surface area contributed by atoms with Crippen LogP contribution in [-0.4, -0.2) is 32.2 Å². The largest absolute Gasteiger partial charge is 0.383 e. The van der Waals surface area contributed by atoms with Crippen LogP contribution in [0.25, 0.3) is 0 Å². The summed E-state index contributed by atoms with van der Waals surface area (Å²) in [6.45, 7) is 0.598. The Morgan fingerprint density at radius 1 is 1.40 bits per heavy atom. The molecule has 2 unspecified atom stereocenters. The third-order valence-electron chi connectivity index (χ3n) is 3.67. The minimum absolute atomic E-state index is 0.00240. The molecule has 0 amide bonds. The molecule has 2 aliphatic rings. The molecule has 1 saturated heterocycles. The van der Waals surface area contributed by atoms with Gasteiger partial charge in [0.2, 0.25) is 10.0 Å². The van der Waals surface area contributed by atoms with Crippen LogP contribution in [0.1, 0.15) is 19.3 Å². The summed E-state index contributed by atoms with van der Waals surface area (Å²) in [5, 5.41) is 0. The molecule has 2 fully saturated rings. The predicted molar refractivity (Wildman–Crippen MR) is 77.5 cm³/mol. The van der Waals surface area contributed by atoms with Crippen molar-refractivity contribution in [1.82, 2.24) is 9.71 Å². The van der Waals surface area contributed by atoms with Crippen molar-refractivity contribution < 1.29 is 13.2 Å². The number of sulfonamides is 1. The van der Waals surface area contributed by atoms with Crippen LogP contribution < -0.4 is 10.5 Å². The highest BCUT2D eigenvalue weighted by atomic mass is 79.9. The third kappa shape index (κ3) is 2.83. The van der Waals surface area contributed by atoms with Gasteiger partial charge in [0.15, 0.2) is 0 Å². The van der Waals surface area contributed by atoms with Gasteiger partial charge in [-0.1, -0.05) is 0 Å². The lowest BCUT2D eigenvalue weighted by Crippen LogP contribution is -2.41. The molecule has 2 atom stereocenters. The second-order valence-electron chi connectivity index (χ2n) is 5.23. The monoisotopic (exact) mass is 361 g/mol. The van der Waals surface area contributed by atoms with E-state index >= 15 is 0 Å². The summed E-state index contributed by atoms with van der Waals surface area (Å²) in [4.78, 5) is 3.87. The molecular weight excluding hydrogens is 346 g/mol. The maximum atomic E-state index is 12.4. The molecule has 1 aliphatic heterocycles. The van der Waals surface area contributed by atoms with Gasteiger partial charge in [-0.3, -0.25) is 0 Å². The molecule has 8 heteroatoms. The van der Waals surface area contributed by atoms with Crippen LogP contribution in [-0.2, 0) is 14.8 Å².